The average molecular weight is 311 g/mol. The van der Waals surface area contributed by atoms with Crippen LogP contribution < -0.4 is 5.32 Å². The van der Waals surface area contributed by atoms with E-state index >= 15 is 0 Å². The summed E-state index contributed by atoms with van der Waals surface area (Å²) in [5.74, 6) is 0. The van der Waals surface area contributed by atoms with Gasteiger partial charge < -0.3 is 10.2 Å². The van der Waals surface area contributed by atoms with Gasteiger partial charge in [0, 0.05) is 17.6 Å². The minimum absolute atomic E-state index is 0.332. The first-order valence-electron chi connectivity index (χ1n) is 8.28. The molecule has 1 unspecified atom stereocenters. The van der Waals surface area contributed by atoms with Gasteiger partial charge in [-0.15, -0.1) is 0 Å². The molecule has 0 fully saturated rings. The molecular formula is C18H31ClN2. The lowest BCUT2D eigenvalue weighted by Crippen LogP contribution is -2.31. The molecule has 0 aliphatic rings. The van der Waals surface area contributed by atoms with Gasteiger partial charge in [0.2, 0.25) is 0 Å². The van der Waals surface area contributed by atoms with Crippen molar-refractivity contribution in [3.05, 3.63) is 34.9 Å². The Labute approximate surface area is 135 Å². The topological polar surface area (TPSA) is 15.3 Å². The zero-order valence-corrected chi connectivity index (χ0v) is 14.6. The third-order valence-electron chi connectivity index (χ3n) is 3.93. The number of rotatable bonds is 11. The van der Waals surface area contributed by atoms with Gasteiger partial charge in [-0.2, -0.15) is 0 Å². The van der Waals surface area contributed by atoms with Crippen LogP contribution in [0.15, 0.2) is 24.3 Å². The van der Waals surface area contributed by atoms with Crippen molar-refractivity contribution in [2.75, 3.05) is 27.2 Å². The van der Waals surface area contributed by atoms with E-state index in [2.05, 4.69) is 43.4 Å². The highest BCUT2D eigenvalue weighted by atomic mass is 35.5. The van der Waals surface area contributed by atoms with Gasteiger partial charge in [0.15, 0.2) is 0 Å². The molecule has 1 rings (SSSR count). The highest BCUT2D eigenvalue weighted by molar-refractivity contribution is 6.31. The van der Waals surface area contributed by atoms with Gasteiger partial charge in [-0.25, -0.2) is 0 Å². The highest BCUT2D eigenvalue weighted by Crippen LogP contribution is 2.25. The SMILES string of the molecule is CCCCCCCCNCC(c1ccccc1Cl)N(C)C. The molecule has 120 valence electrons. The first kappa shape index (κ1) is 18.5. The van der Waals surface area contributed by atoms with Crippen molar-refractivity contribution in [3.63, 3.8) is 0 Å². The summed E-state index contributed by atoms with van der Waals surface area (Å²) in [6.45, 7) is 4.31. The minimum atomic E-state index is 0.332. The summed E-state index contributed by atoms with van der Waals surface area (Å²) >= 11 is 6.32. The molecule has 0 aliphatic carbocycles. The van der Waals surface area contributed by atoms with Gasteiger partial charge in [-0.05, 0) is 38.7 Å². The van der Waals surface area contributed by atoms with E-state index in [9.17, 15) is 0 Å². The van der Waals surface area contributed by atoms with Gasteiger partial charge in [0.05, 0.1) is 0 Å². The number of hydrogen-bond donors (Lipinski definition) is 1. The maximum absolute atomic E-state index is 6.32. The second kappa shape index (κ2) is 11.1. The predicted molar refractivity (Wildman–Crippen MR) is 94.1 cm³/mol. The zero-order chi connectivity index (χ0) is 15.5. The fraction of sp³-hybridized carbons (Fsp3) is 0.667. The quantitative estimate of drug-likeness (QED) is 0.585. The van der Waals surface area contributed by atoms with E-state index in [1.807, 2.05) is 12.1 Å². The number of nitrogens with zero attached hydrogens (tertiary/aromatic N) is 1. The number of hydrogen-bond acceptors (Lipinski definition) is 2. The Hall–Kier alpha value is -0.570. The molecule has 0 bridgehead atoms. The normalized spacial score (nSPS) is 12.8. The van der Waals surface area contributed by atoms with Crippen molar-refractivity contribution >= 4 is 11.6 Å². The van der Waals surface area contributed by atoms with Crippen LogP contribution in [0.5, 0.6) is 0 Å². The Balaban J connectivity index is 2.28. The largest absolute Gasteiger partial charge is 0.315 e. The smallest absolute Gasteiger partial charge is 0.0481 e. The van der Waals surface area contributed by atoms with E-state index in [1.54, 1.807) is 0 Å². The minimum Gasteiger partial charge on any atom is -0.315 e. The zero-order valence-electron chi connectivity index (χ0n) is 13.9. The second-order valence-electron chi connectivity index (χ2n) is 5.97. The molecule has 2 nitrogen and oxygen atoms in total. The number of unbranched alkanes of at least 4 members (excludes halogenated alkanes) is 5. The van der Waals surface area contributed by atoms with E-state index in [-0.39, 0.29) is 0 Å². The van der Waals surface area contributed by atoms with Crippen LogP contribution in [0.3, 0.4) is 0 Å². The van der Waals surface area contributed by atoms with E-state index in [0.717, 1.165) is 18.1 Å². The molecule has 0 aromatic heterocycles. The molecule has 3 heteroatoms. The van der Waals surface area contributed by atoms with Crippen molar-refractivity contribution in [2.45, 2.75) is 51.5 Å². The maximum atomic E-state index is 6.32. The van der Waals surface area contributed by atoms with Crippen molar-refractivity contribution < 1.29 is 0 Å². The summed E-state index contributed by atoms with van der Waals surface area (Å²) in [6, 6.07) is 8.48. The van der Waals surface area contributed by atoms with Crippen molar-refractivity contribution in [1.82, 2.24) is 10.2 Å². The third-order valence-corrected chi connectivity index (χ3v) is 4.28. The van der Waals surface area contributed by atoms with Gasteiger partial charge in [-0.1, -0.05) is 68.8 Å². The number of likely N-dealkylation sites (N-methyl/N-ethyl adjacent to an activating group) is 1. The van der Waals surface area contributed by atoms with Crippen LogP contribution in [-0.4, -0.2) is 32.1 Å². The number of halogens is 1. The van der Waals surface area contributed by atoms with Crippen LogP contribution in [0.25, 0.3) is 0 Å². The Morgan fingerprint density at radius 1 is 1.05 bits per heavy atom. The lowest BCUT2D eigenvalue weighted by molar-refractivity contribution is 0.288. The number of benzene rings is 1. The molecule has 1 atom stereocenters. The summed E-state index contributed by atoms with van der Waals surface area (Å²) in [7, 11) is 4.22. The summed E-state index contributed by atoms with van der Waals surface area (Å²) in [4.78, 5) is 2.23. The average Bonchev–Trinajstić information content (AvgIpc) is 2.46. The Bertz CT molecular complexity index is 379. The first-order valence-corrected chi connectivity index (χ1v) is 8.66. The van der Waals surface area contributed by atoms with Crippen LogP contribution in [0, 0.1) is 0 Å². The molecular weight excluding hydrogens is 280 g/mol. The third kappa shape index (κ3) is 7.30. The van der Waals surface area contributed by atoms with Crippen LogP contribution in [0.1, 0.15) is 57.1 Å². The van der Waals surface area contributed by atoms with Crippen LogP contribution in [-0.2, 0) is 0 Å². The molecule has 0 amide bonds. The van der Waals surface area contributed by atoms with Crippen LogP contribution >= 0.6 is 11.6 Å². The van der Waals surface area contributed by atoms with E-state index in [1.165, 1.54) is 44.1 Å². The van der Waals surface area contributed by atoms with E-state index in [0.29, 0.717) is 6.04 Å². The molecule has 1 N–H and O–H groups in total. The van der Waals surface area contributed by atoms with E-state index in [4.69, 9.17) is 11.6 Å². The van der Waals surface area contributed by atoms with Gasteiger partial charge >= 0.3 is 0 Å². The Morgan fingerprint density at radius 2 is 1.71 bits per heavy atom. The molecule has 0 saturated heterocycles. The first-order chi connectivity index (χ1) is 10.2. The Kier molecular flexibility index (Phi) is 9.73. The summed E-state index contributed by atoms with van der Waals surface area (Å²) in [6.07, 6.45) is 8.06. The molecule has 0 saturated carbocycles. The van der Waals surface area contributed by atoms with Gasteiger partial charge in [-0.3, -0.25) is 0 Å². The molecule has 1 aromatic carbocycles. The van der Waals surface area contributed by atoms with Crippen molar-refractivity contribution in [1.29, 1.82) is 0 Å². The molecule has 0 radical (unpaired) electrons. The highest BCUT2D eigenvalue weighted by Gasteiger charge is 2.15. The fourth-order valence-corrected chi connectivity index (χ4v) is 2.85. The lowest BCUT2D eigenvalue weighted by atomic mass is 10.1. The Morgan fingerprint density at radius 3 is 2.38 bits per heavy atom. The van der Waals surface area contributed by atoms with Crippen molar-refractivity contribution in [3.8, 4) is 0 Å². The van der Waals surface area contributed by atoms with Gasteiger partial charge in [0.1, 0.15) is 0 Å². The monoisotopic (exact) mass is 310 g/mol. The van der Waals surface area contributed by atoms with Gasteiger partial charge in [0.25, 0.3) is 0 Å². The summed E-state index contributed by atoms with van der Waals surface area (Å²) in [5.41, 5.74) is 1.21. The predicted octanol–water partition coefficient (Wildman–Crippen LogP) is 4.89. The standard InChI is InChI=1S/C18H31ClN2/c1-4-5-6-7-8-11-14-20-15-18(21(2)3)16-12-9-10-13-17(16)19/h9-10,12-13,18,20H,4-8,11,14-15H2,1-3H3. The molecule has 0 heterocycles. The molecule has 0 spiro atoms. The molecule has 1 aromatic rings. The lowest BCUT2D eigenvalue weighted by Gasteiger charge is -2.26. The van der Waals surface area contributed by atoms with Crippen LogP contribution in [0.4, 0.5) is 0 Å². The molecule has 21 heavy (non-hydrogen) atoms. The summed E-state index contributed by atoms with van der Waals surface area (Å²) < 4.78 is 0. The molecule has 0 aliphatic heterocycles. The number of nitrogens with one attached hydrogen (secondary N) is 1. The fourth-order valence-electron chi connectivity index (χ4n) is 2.59. The van der Waals surface area contributed by atoms with Crippen LogP contribution in [0.2, 0.25) is 5.02 Å². The van der Waals surface area contributed by atoms with Crippen molar-refractivity contribution in [2.24, 2.45) is 0 Å². The van der Waals surface area contributed by atoms with E-state index < -0.39 is 0 Å². The maximum Gasteiger partial charge on any atom is 0.0481 e. The second-order valence-corrected chi connectivity index (χ2v) is 6.38. The summed E-state index contributed by atoms with van der Waals surface area (Å²) in [5, 5.41) is 4.44.